The van der Waals surface area contributed by atoms with Crippen molar-refractivity contribution in [1.82, 2.24) is 4.90 Å². The normalized spacial score (nSPS) is 19.8. The summed E-state index contributed by atoms with van der Waals surface area (Å²) in [6.45, 7) is 0.780. The zero-order valence-corrected chi connectivity index (χ0v) is 10.6. The lowest BCUT2D eigenvalue weighted by Crippen LogP contribution is -2.52. The molecule has 1 aliphatic rings. The molecule has 1 aromatic carbocycles. The monoisotopic (exact) mass is 283 g/mol. The number of morpholine rings is 1. The predicted molar refractivity (Wildman–Crippen MR) is 67.3 cm³/mol. The van der Waals surface area contributed by atoms with Crippen LogP contribution in [0.2, 0.25) is 0 Å². The number of nitrogens with two attached hydrogens (primary N) is 1. The van der Waals surface area contributed by atoms with Gasteiger partial charge in [-0.15, -0.1) is 0 Å². The van der Waals surface area contributed by atoms with Crippen LogP contribution < -0.4 is 5.73 Å². The van der Waals surface area contributed by atoms with Gasteiger partial charge in [0, 0.05) is 19.2 Å². The van der Waals surface area contributed by atoms with E-state index in [1.165, 1.54) is 12.1 Å². The second-order valence-corrected chi connectivity index (χ2v) is 4.46. The van der Waals surface area contributed by atoms with Gasteiger partial charge in [-0.1, -0.05) is 6.07 Å². The van der Waals surface area contributed by atoms with E-state index in [1.54, 1.807) is 4.90 Å². The van der Waals surface area contributed by atoms with Gasteiger partial charge in [-0.25, -0.2) is 4.39 Å². The fourth-order valence-electron chi connectivity index (χ4n) is 2.17. The largest absolute Gasteiger partial charge is 0.378 e. The molecule has 0 radical (unpaired) electrons. The molecule has 1 aliphatic heterocycles. The van der Waals surface area contributed by atoms with E-state index in [-0.39, 0.29) is 24.4 Å². The molecule has 8 heteroatoms. The maximum atomic E-state index is 13.8. The number of nitro benzene ring substituents is 1. The fourth-order valence-corrected chi connectivity index (χ4v) is 2.17. The third-order valence-electron chi connectivity index (χ3n) is 3.22. The van der Waals surface area contributed by atoms with Crippen molar-refractivity contribution in [2.75, 3.05) is 19.8 Å². The second-order valence-electron chi connectivity index (χ2n) is 4.46. The highest BCUT2D eigenvalue weighted by Crippen LogP contribution is 2.24. The Bertz CT molecular complexity index is 537. The average molecular weight is 283 g/mol. The van der Waals surface area contributed by atoms with Crippen LogP contribution in [-0.2, 0) is 16.1 Å². The lowest BCUT2D eigenvalue weighted by atomic mass is 10.1. The van der Waals surface area contributed by atoms with Gasteiger partial charge in [-0.2, -0.15) is 0 Å². The quantitative estimate of drug-likeness (QED) is 0.637. The summed E-state index contributed by atoms with van der Waals surface area (Å²) in [5, 5.41) is 10.9. The Morgan fingerprint density at radius 2 is 2.35 bits per heavy atom. The molecule has 0 saturated carbocycles. The van der Waals surface area contributed by atoms with Gasteiger partial charge in [-0.05, 0) is 6.07 Å². The topological polar surface area (TPSA) is 98.7 Å². The number of rotatable bonds is 4. The summed E-state index contributed by atoms with van der Waals surface area (Å²) in [6.07, 6.45) is 0. The molecule has 108 valence electrons. The lowest BCUT2D eigenvalue weighted by Gasteiger charge is -2.33. The van der Waals surface area contributed by atoms with Gasteiger partial charge in [0.2, 0.25) is 5.91 Å². The molecule has 1 heterocycles. The molecule has 0 spiro atoms. The van der Waals surface area contributed by atoms with Crippen molar-refractivity contribution in [3.8, 4) is 0 Å². The first-order valence-corrected chi connectivity index (χ1v) is 6.03. The Balaban J connectivity index is 2.28. The molecule has 1 fully saturated rings. The SMILES string of the molecule is NC(=O)[C@@H]1COCCN1Cc1c(F)cccc1[N+](=O)[O-]. The Kier molecular flexibility index (Phi) is 4.26. The van der Waals surface area contributed by atoms with Crippen molar-refractivity contribution in [2.45, 2.75) is 12.6 Å². The van der Waals surface area contributed by atoms with E-state index >= 15 is 0 Å². The third kappa shape index (κ3) is 2.91. The minimum absolute atomic E-state index is 0.0503. The minimum Gasteiger partial charge on any atom is -0.378 e. The van der Waals surface area contributed by atoms with Crippen LogP contribution in [0.25, 0.3) is 0 Å². The highest BCUT2D eigenvalue weighted by atomic mass is 19.1. The van der Waals surface area contributed by atoms with Crippen molar-refractivity contribution >= 4 is 11.6 Å². The first-order valence-electron chi connectivity index (χ1n) is 6.03. The second kappa shape index (κ2) is 5.93. The van der Waals surface area contributed by atoms with Crippen LogP contribution in [-0.4, -0.2) is 41.5 Å². The van der Waals surface area contributed by atoms with E-state index in [0.29, 0.717) is 13.2 Å². The van der Waals surface area contributed by atoms with Crippen molar-refractivity contribution < 1.29 is 18.8 Å². The van der Waals surface area contributed by atoms with Crippen LogP contribution in [0.5, 0.6) is 0 Å². The van der Waals surface area contributed by atoms with Crippen molar-refractivity contribution in [2.24, 2.45) is 5.73 Å². The summed E-state index contributed by atoms with van der Waals surface area (Å²) in [5.74, 6) is -1.27. The number of halogens is 1. The number of amides is 1. The van der Waals surface area contributed by atoms with Crippen LogP contribution in [0.1, 0.15) is 5.56 Å². The molecule has 2 N–H and O–H groups in total. The molecule has 1 saturated heterocycles. The summed E-state index contributed by atoms with van der Waals surface area (Å²) in [7, 11) is 0. The van der Waals surface area contributed by atoms with Crippen LogP contribution in [0, 0.1) is 15.9 Å². The van der Waals surface area contributed by atoms with E-state index < -0.39 is 22.7 Å². The van der Waals surface area contributed by atoms with E-state index in [9.17, 15) is 19.3 Å². The maximum absolute atomic E-state index is 13.8. The van der Waals surface area contributed by atoms with Crippen LogP contribution >= 0.6 is 0 Å². The summed E-state index contributed by atoms with van der Waals surface area (Å²) in [6, 6.07) is 2.96. The predicted octanol–water partition coefficient (Wildman–Crippen LogP) is 0.420. The number of carbonyl (C=O) groups is 1. The molecule has 0 aromatic heterocycles. The van der Waals surface area contributed by atoms with Gasteiger partial charge in [0.25, 0.3) is 5.69 Å². The molecule has 1 amide bonds. The molecule has 20 heavy (non-hydrogen) atoms. The molecule has 7 nitrogen and oxygen atoms in total. The van der Waals surface area contributed by atoms with Gasteiger partial charge in [0.05, 0.1) is 23.7 Å². The van der Waals surface area contributed by atoms with E-state index in [4.69, 9.17) is 10.5 Å². The number of carbonyl (C=O) groups excluding carboxylic acids is 1. The Hall–Kier alpha value is -2.06. The van der Waals surface area contributed by atoms with Crippen molar-refractivity contribution in [3.05, 3.63) is 39.7 Å². The number of nitrogens with zero attached hydrogens (tertiary/aromatic N) is 2. The fraction of sp³-hybridized carbons (Fsp3) is 0.417. The highest BCUT2D eigenvalue weighted by molar-refractivity contribution is 5.80. The first kappa shape index (κ1) is 14.4. The van der Waals surface area contributed by atoms with E-state index in [1.807, 2.05) is 0 Å². The third-order valence-corrected chi connectivity index (χ3v) is 3.22. The molecule has 2 rings (SSSR count). The highest BCUT2D eigenvalue weighted by Gasteiger charge is 2.30. The standard InChI is InChI=1S/C12H14FN3O4/c13-9-2-1-3-10(16(18)19)8(9)6-15-4-5-20-7-11(15)12(14)17/h1-3,11H,4-7H2,(H2,14,17)/t11-/m0/s1. The van der Waals surface area contributed by atoms with Gasteiger partial charge >= 0.3 is 0 Å². The zero-order valence-electron chi connectivity index (χ0n) is 10.6. The Morgan fingerprint density at radius 3 is 3.00 bits per heavy atom. The lowest BCUT2D eigenvalue weighted by molar-refractivity contribution is -0.386. The molecule has 0 aliphatic carbocycles. The van der Waals surface area contributed by atoms with Crippen LogP contribution in [0.4, 0.5) is 10.1 Å². The number of ether oxygens (including phenoxy) is 1. The number of hydrogen-bond acceptors (Lipinski definition) is 5. The van der Waals surface area contributed by atoms with Gasteiger partial charge in [0.15, 0.2) is 0 Å². The van der Waals surface area contributed by atoms with Crippen LogP contribution in [0.15, 0.2) is 18.2 Å². The Morgan fingerprint density at radius 1 is 1.60 bits per heavy atom. The van der Waals surface area contributed by atoms with Crippen molar-refractivity contribution in [1.29, 1.82) is 0 Å². The number of nitro groups is 1. The smallest absolute Gasteiger partial charge is 0.276 e. The first-order chi connectivity index (χ1) is 9.50. The molecular weight excluding hydrogens is 269 g/mol. The summed E-state index contributed by atoms with van der Waals surface area (Å²) in [4.78, 5) is 23.2. The number of hydrogen-bond donors (Lipinski definition) is 1. The summed E-state index contributed by atoms with van der Waals surface area (Å²) >= 11 is 0. The summed E-state index contributed by atoms with van der Waals surface area (Å²) < 4.78 is 19.0. The van der Waals surface area contributed by atoms with Gasteiger partial charge in [-0.3, -0.25) is 19.8 Å². The van der Waals surface area contributed by atoms with E-state index in [0.717, 1.165) is 6.07 Å². The van der Waals surface area contributed by atoms with Crippen molar-refractivity contribution in [3.63, 3.8) is 0 Å². The molecular formula is C12H14FN3O4. The maximum Gasteiger partial charge on any atom is 0.276 e. The van der Waals surface area contributed by atoms with Crippen LogP contribution in [0.3, 0.4) is 0 Å². The Labute approximate surface area is 114 Å². The molecule has 1 aromatic rings. The van der Waals surface area contributed by atoms with Gasteiger partial charge < -0.3 is 10.5 Å². The summed E-state index contributed by atoms with van der Waals surface area (Å²) in [5.41, 5.74) is 4.90. The number of primary amides is 1. The average Bonchev–Trinajstić information content (AvgIpc) is 2.41. The minimum atomic E-state index is -0.706. The zero-order chi connectivity index (χ0) is 14.7. The molecule has 0 bridgehead atoms. The number of benzene rings is 1. The molecule has 0 unspecified atom stereocenters. The van der Waals surface area contributed by atoms with Gasteiger partial charge in [0.1, 0.15) is 11.9 Å². The van der Waals surface area contributed by atoms with E-state index in [2.05, 4.69) is 0 Å². The molecule has 1 atom stereocenters.